The van der Waals surface area contributed by atoms with Crippen molar-refractivity contribution in [3.05, 3.63) is 11.8 Å². The van der Waals surface area contributed by atoms with Crippen LogP contribution in [0.1, 0.15) is 77.6 Å². The molecule has 158 valence electrons. The number of rotatable bonds is 16. The van der Waals surface area contributed by atoms with E-state index in [0.717, 1.165) is 25.3 Å². The van der Waals surface area contributed by atoms with Crippen LogP contribution in [-0.4, -0.2) is 60.4 Å². The number of carbonyl (C=O) groups is 2. The normalized spacial score (nSPS) is 13.4. The summed E-state index contributed by atoms with van der Waals surface area (Å²) < 4.78 is 5.71. The topological polar surface area (TPSA) is 83.8 Å². The first-order valence-electron chi connectivity index (χ1n) is 10.3. The van der Waals surface area contributed by atoms with E-state index in [2.05, 4.69) is 6.92 Å². The first-order chi connectivity index (χ1) is 12.6. The maximum absolute atomic E-state index is 11.9. The lowest BCUT2D eigenvalue weighted by Crippen LogP contribution is -2.43. The Morgan fingerprint density at radius 2 is 1.44 bits per heavy atom. The second-order valence-electron chi connectivity index (χ2n) is 8.34. The van der Waals surface area contributed by atoms with E-state index in [1.165, 1.54) is 38.5 Å². The number of allylic oxidation sites excluding steroid dienone is 1. The minimum absolute atomic E-state index is 0.00210. The molecule has 1 unspecified atom stereocenters. The molecule has 6 nitrogen and oxygen atoms in total. The van der Waals surface area contributed by atoms with Gasteiger partial charge in [0, 0.05) is 6.42 Å². The number of likely N-dealkylation sites (N-methyl/N-ethyl adjacent to an activating group) is 1. The molecule has 0 saturated carbocycles. The van der Waals surface area contributed by atoms with Gasteiger partial charge in [-0.2, -0.15) is 0 Å². The molecule has 0 aromatic heterocycles. The fourth-order valence-electron chi connectivity index (χ4n) is 2.97. The molecule has 0 aromatic rings. The number of carboxylic acid groups (broad SMARTS) is 1. The quantitative estimate of drug-likeness (QED) is 0.135. The van der Waals surface area contributed by atoms with Crippen LogP contribution >= 0.6 is 0 Å². The zero-order valence-electron chi connectivity index (χ0n) is 17.7. The molecule has 6 heteroatoms. The van der Waals surface area contributed by atoms with E-state index in [9.17, 15) is 14.7 Å². The standard InChI is InChI=1S/C21H39NO5/c1-5-6-7-8-9-10-11-12-13-14-18(23)15-21(26)27-19(16-20(24)25)17-22(2,3)4/h15,19H,5-14,16-17H2,1-4H3,(H-,23,24,25,26)/p+1. The van der Waals surface area contributed by atoms with E-state index in [1.807, 2.05) is 21.1 Å². The fraction of sp³-hybridized carbons (Fsp3) is 0.810. The third-order valence-electron chi connectivity index (χ3n) is 4.26. The van der Waals surface area contributed by atoms with Gasteiger partial charge in [-0.05, 0) is 6.42 Å². The summed E-state index contributed by atoms with van der Waals surface area (Å²) in [6.45, 7) is 2.61. The van der Waals surface area contributed by atoms with Crippen molar-refractivity contribution in [2.75, 3.05) is 27.7 Å². The second-order valence-corrected chi connectivity index (χ2v) is 8.34. The molecule has 0 heterocycles. The monoisotopic (exact) mass is 386 g/mol. The Hall–Kier alpha value is -1.56. The van der Waals surface area contributed by atoms with Crippen LogP contribution in [0.4, 0.5) is 0 Å². The van der Waals surface area contributed by atoms with Crippen molar-refractivity contribution in [3.8, 4) is 0 Å². The zero-order chi connectivity index (χ0) is 20.7. The highest BCUT2D eigenvalue weighted by Crippen LogP contribution is 2.13. The summed E-state index contributed by atoms with van der Waals surface area (Å²) in [5.74, 6) is -1.69. The van der Waals surface area contributed by atoms with E-state index >= 15 is 0 Å². The summed E-state index contributed by atoms with van der Waals surface area (Å²) >= 11 is 0. The number of hydrogen-bond acceptors (Lipinski definition) is 4. The highest BCUT2D eigenvalue weighted by molar-refractivity contribution is 5.82. The molecule has 0 fully saturated rings. The fourth-order valence-corrected chi connectivity index (χ4v) is 2.97. The van der Waals surface area contributed by atoms with Crippen molar-refractivity contribution in [2.24, 2.45) is 0 Å². The molecular weight excluding hydrogens is 346 g/mol. The van der Waals surface area contributed by atoms with Crippen LogP contribution in [-0.2, 0) is 14.3 Å². The predicted molar refractivity (Wildman–Crippen MR) is 108 cm³/mol. The van der Waals surface area contributed by atoms with Gasteiger partial charge in [-0.15, -0.1) is 0 Å². The van der Waals surface area contributed by atoms with E-state index in [0.29, 0.717) is 17.4 Å². The number of carboxylic acids is 1. The van der Waals surface area contributed by atoms with Gasteiger partial charge in [0.1, 0.15) is 6.54 Å². The molecule has 0 aliphatic heterocycles. The van der Waals surface area contributed by atoms with E-state index in [-0.39, 0.29) is 12.2 Å². The summed E-state index contributed by atoms with van der Waals surface area (Å²) in [5, 5.41) is 18.8. The van der Waals surface area contributed by atoms with Crippen molar-refractivity contribution in [1.82, 2.24) is 0 Å². The highest BCUT2D eigenvalue weighted by atomic mass is 16.5. The SMILES string of the molecule is CCCCCCCCCCCC(O)=CC(=O)OC(CC(=O)O)C[N+](C)(C)C. The lowest BCUT2D eigenvalue weighted by Gasteiger charge is -2.28. The average Bonchev–Trinajstić information content (AvgIpc) is 2.50. The summed E-state index contributed by atoms with van der Waals surface area (Å²) in [4.78, 5) is 22.9. The van der Waals surface area contributed by atoms with Gasteiger partial charge in [0.2, 0.25) is 0 Å². The molecule has 0 aliphatic rings. The van der Waals surface area contributed by atoms with Gasteiger partial charge in [0.05, 0.1) is 39.4 Å². The molecule has 0 rings (SSSR count). The number of hydrogen-bond donors (Lipinski definition) is 2. The van der Waals surface area contributed by atoms with Gasteiger partial charge >= 0.3 is 11.9 Å². The van der Waals surface area contributed by atoms with Gasteiger partial charge in [-0.1, -0.05) is 58.3 Å². The number of carbonyl (C=O) groups excluding carboxylic acids is 1. The zero-order valence-corrected chi connectivity index (χ0v) is 17.7. The maximum atomic E-state index is 11.9. The Bertz CT molecular complexity index is 454. The van der Waals surface area contributed by atoms with Gasteiger partial charge in [-0.3, -0.25) is 4.79 Å². The molecule has 27 heavy (non-hydrogen) atoms. The molecule has 0 amide bonds. The van der Waals surface area contributed by atoms with Gasteiger partial charge in [0.25, 0.3) is 0 Å². The largest absolute Gasteiger partial charge is 0.512 e. The van der Waals surface area contributed by atoms with Crippen LogP contribution in [0.15, 0.2) is 11.8 Å². The lowest BCUT2D eigenvalue weighted by atomic mass is 10.1. The molecular formula is C21H40NO5+. The molecule has 1 atom stereocenters. The number of unbranched alkanes of at least 4 members (excludes halogenated alkanes) is 8. The summed E-state index contributed by atoms with van der Waals surface area (Å²) in [6.07, 6.45) is 11.3. The number of aliphatic hydroxyl groups is 1. The van der Waals surface area contributed by atoms with Crippen molar-refractivity contribution >= 4 is 11.9 Å². The summed E-state index contributed by atoms with van der Waals surface area (Å²) in [7, 11) is 5.71. The molecule has 2 N–H and O–H groups in total. The van der Waals surface area contributed by atoms with E-state index < -0.39 is 18.0 Å². The van der Waals surface area contributed by atoms with E-state index in [4.69, 9.17) is 9.84 Å². The number of aliphatic carboxylic acids is 1. The lowest BCUT2D eigenvalue weighted by molar-refractivity contribution is -0.873. The van der Waals surface area contributed by atoms with Crippen LogP contribution in [0.25, 0.3) is 0 Å². The minimum atomic E-state index is -1.01. The van der Waals surface area contributed by atoms with Crippen molar-refractivity contribution in [2.45, 2.75) is 83.7 Å². The number of ether oxygens (including phenoxy) is 1. The second kappa shape index (κ2) is 14.5. The molecule has 0 radical (unpaired) electrons. The molecule has 0 spiro atoms. The predicted octanol–water partition coefficient (Wildman–Crippen LogP) is 4.44. The Balaban J connectivity index is 4.09. The highest BCUT2D eigenvalue weighted by Gasteiger charge is 2.24. The van der Waals surface area contributed by atoms with Crippen LogP contribution < -0.4 is 0 Å². The van der Waals surface area contributed by atoms with Crippen molar-refractivity contribution in [3.63, 3.8) is 0 Å². The van der Waals surface area contributed by atoms with Gasteiger partial charge in [0.15, 0.2) is 6.10 Å². The maximum Gasteiger partial charge on any atom is 0.334 e. The number of nitrogens with zero attached hydrogens (tertiary/aromatic N) is 1. The number of aliphatic hydroxyl groups excluding tert-OH is 1. The van der Waals surface area contributed by atoms with Crippen LogP contribution in [0.5, 0.6) is 0 Å². The Morgan fingerprint density at radius 1 is 0.926 bits per heavy atom. The minimum Gasteiger partial charge on any atom is -0.512 e. The number of esters is 1. The summed E-state index contributed by atoms with van der Waals surface area (Å²) in [6, 6.07) is 0. The Kier molecular flexibility index (Phi) is 13.7. The molecule has 0 saturated heterocycles. The van der Waals surface area contributed by atoms with Gasteiger partial charge < -0.3 is 19.4 Å². The first kappa shape index (κ1) is 25.4. The van der Waals surface area contributed by atoms with Crippen LogP contribution in [0, 0.1) is 0 Å². The molecule has 0 aromatic carbocycles. The Labute approximate surface area is 164 Å². The molecule has 0 bridgehead atoms. The average molecular weight is 387 g/mol. The van der Waals surface area contributed by atoms with Gasteiger partial charge in [-0.25, -0.2) is 4.79 Å². The van der Waals surface area contributed by atoms with Crippen molar-refractivity contribution < 1.29 is 29.0 Å². The van der Waals surface area contributed by atoms with E-state index in [1.54, 1.807) is 0 Å². The smallest absolute Gasteiger partial charge is 0.334 e. The molecule has 0 aliphatic carbocycles. The summed E-state index contributed by atoms with van der Waals surface area (Å²) in [5.41, 5.74) is 0. The van der Waals surface area contributed by atoms with Crippen LogP contribution in [0.3, 0.4) is 0 Å². The number of quaternary nitrogens is 1. The third-order valence-corrected chi connectivity index (χ3v) is 4.26. The van der Waals surface area contributed by atoms with Crippen LogP contribution in [0.2, 0.25) is 0 Å². The first-order valence-corrected chi connectivity index (χ1v) is 10.3. The Morgan fingerprint density at radius 3 is 1.93 bits per heavy atom. The third kappa shape index (κ3) is 17.6. The van der Waals surface area contributed by atoms with Crippen molar-refractivity contribution in [1.29, 1.82) is 0 Å².